The van der Waals surface area contributed by atoms with Gasteiger partial charge in [-0.2, -0.15) is 0 Å². The van der Waals surface area contributed by atoms with Crippen molar-refractivity contribution in [3.8, 4) is 0 Å². The molecule has 2 aromatic carbocycles. The second-order valence-electron chi connectivity index (χ2n) is 5.78. The average molecular weight is 390 g/mol. The Morgan fingerprint density at radius 3 is 2.81 bits per heavy atom. The molecular weight excluding hydrogens is 373 g/mol. The molecule has 0 saturated carbocycles. The third-order valence-corrected chi connectivity index (χ3v) is 4.50. The minimum Gasteiger partial charge on any atom is -0.380 e. The molecule has 7 heteroatoms. The van der Waals surface area contributed by atoms with Crippen LogP contribution in [0, 0.1) is 0 Å². The Balaban J connectivity index is 1.52. The Kier molecular flexibility index (Phi) is 5.81. The normalized spacial score (nSPS) is 11.7. The summed E-state index contributed by atoms with van der Waals surface area (Å²) in [6.07, 6.45) is 3.62. The number of nitrogens with zero attached hydrogens (tertiary/aromatic N) is 1. The van der Waals surface area contributed by atoms with Gasteiger partial charge in [0, 0.05) is 34.1 Å². The van der Waals surface area contributed by atoms with Crippen LogP contribution in [0.3, 0.4) is 0 Å². The Hall–Kier alpha value is -2.50. The van der Waals surface area contributed by atoms with Gasteiger partial charge < -0.3 is 15.6 Å². The maximum absolute atomic E-state index is 11.9. The van der Waals surface area contributed by atoms with E-state index >= 15 is 0 Å². The van der Waals surface area contributed by atoms with E-state index in [9.17, 15) is 4.79 Å². The molecule has 0 spiro atoms. The van der Waals surface area contributed by atoms with E-state index in [2.05, 4.69) is 16.2 Å². The molecule has 0 aliphatic carbocycles. The van der Waals surface area contributed by atoms with Crippen LogP contribution in [0.2, 0.25) is 10.0 Å². The van der Waals surface area contributed by atoms with Gasteiger partial charge in [-0.1, -0.05) is 46.6 Å². The summed E-state index contributed by atoms with van der Waals surface area (Å²) in [5.74, 6) is -0.422. The summed E-state index contributed by atoms with van der Waals surface area (Å²) in [6, 6.07) is 12.8. The maximum atomic E-state index is 11.9. The molecule has 3 N–H and O–H groups in total. The first-order valence-corrected chi connectivity index (χ1v) is 8.84. The summed E-state index contributed by atoms with van der Waals surface area (Å²) in [5.41, 5.74) is 8.52. The van der Waals surface area contributed by atoms with Crippen molar-refractivity contribution in [1.29, 1.82) is 0 Å². The number of fused-ring (bicyclic) bond motifs is 1. The molecule has 134 valence electrons. The average Bonchev–Trinajstić information content (AvgIpc) is 3.03. The van der Waals surface area contributed by atoms with Crippen LogP contribution in [-0.4, -0.2) is 16.8 Å². The van der Waals surface area contributed by atoms with Gasteiger partial charge in [-0.15, -0.1) is 0 Å². The number of benzene rings is 2. The topological polar surface area (TPSA) is 80.5 Å². The lowest BCUT2D eigenvalue weighted by Gasteiger charge is -2.04. The first kappa shape index (κ1) is 18.3. The molecule has 0 aliphatic heterocycles. The van der Waals surface area contributed by atoms with E-state index in [-0.39, 0.29) is 12.3 Å². The summed E-state index contributed by atoms with van der Waals surface area (Å²) in [7, 11) is 0. The number of H-pyrrole nitrogens is 1. The molecule has 26 heavy (non-hydrogen) atoms. The highest BCUT2D eigenvalue weighted by Crippen LogP contribution is 2.21. The number of nitrogens with two attached hydrogens (primary N) is 1. The van der Waals surface area contributed by atoms with E-state index in [1.54, 1.807) is 18.2 Å². The smallest absolute Gasteiger partial charge is 0.335 e. The Labute approximate surface area is 160 Å². The second-order valence-corrected chi connectivity index (χ2v) is 6.62. The molecule has 0 amide bonds. The van der Waals surface area contributed by atoms with Crippen molar-refractivity contribution in [3.05, 3.63) is 69.8 Å². The molecule has 3 aromatic rings. The van der Waals surface area contributed by atoms with Crippen LogP contribution in [0.4, 0.5) is 0 Å². The van der Waals surface area contributed by atoms with Gasteiger partial charge in [0.2, 0.25) is 0 Å². The molecular formula is C19H17Cl2N3O2. The predicted octanol–water partition coefficient (Wildman–Crippen LogP) is 4.66. The molecule has 0 saturated heterocycles. The monoisotopic (exact) mass is 389 g/mol. The minimum absolute atomic E-state index is 0.0247. The van der Waals surface area contributed by atoms with Crippen molar-refractivity contribution in [2.45, 2.75) is 19.3 Å². The van der Waals surface area contributed by atoms with Crippen molar-refractivity contribution in [3.63, 3.8) is 0 Å². The van der Waals surface area contributed by atoms with Gasteiger partial charge >= 0.3 is 5.97 Å². The fraction of sp³-hybridized carbons (Fsp3) is 0.158. The third kappa shape index (κ3) is 4.36. The molecule has 1 aromatic heterocycles. The fourth-order valence-corrected chi connectivity index (χ4v) is 3.16. The van der Waals surface area contributed by atoms with E-state index in [4.69, 9.17) is 33.8 Å². The van der Waals surface area contributed by atoms with Crippen LogP contribution in [0.25, 0.3) is 10.9 Å². The highest BCUT2D eigenvalue weighted by molar-refractivity contribution is 6.36. The summed E-state index contributed by atoms with van der Waals surface area (Å²) < 4.78 is 0. The highest BCUT2D eigenvalue weighted by Gasteiger charge is 2.09. The number of oxime groups is 1. The van der Waals surface area contributed by atoms with Crippen molar-refractivity contribution in [2.24, 2.45) is 10.9 Å². The molecule has 0 bridgehead atoms. The molecule has 0 atom stereocenters. The number of hydrogen-bond acceptors (Lipinski definition) is 3. The number of amidine groups is 1. The van der Waals surface area contributed by atoms with Crippen LogP contribution in [0.15, 0.2) is 53.8 Å². The lowest BCUT2D eigenvalue weighted by Crippen LogP contribution is -2.15. The SMILES string of the molecule is N/C(=N\OC(=O)CCCc1c[nH]c2ccccc12)c1ccc(Cl)cc1Cl. The zero-order valence-electron chi connectivity index (χ0n) is 13.8. The van der Waals surface area contributed by atoms with Gasteiger partial charge in [-0.25, -0.2) is 4.79 Å². The van der Waals surface area contributed by atoms with Crippen molar-refractivity contribution in [1.82, 2.24) is 4.98 Å². The second kappa shape index (κ2) is 8.25. The highest BCUT2D eigenvalue weighted by atomic mass is 35.5. The summed E-state index contributed by atoms with van der Waals surface area (Å²) in [6.45, 7) is 0. The van der Waals surface area contributed by atoms with E-state index in [1.807, 2.05) is 24.4 Å². The van der Waals surface area contributed by atoms with Gasteiger partial charge in [0.1, 0.15) is 0 Å². The lowest BCUT2D eigenvalue weighted by molar-refractivity contribution is -0.143. The molecule has 5 nitrogen and oxygen atoms in total. The van der Waals surface area contributed by atoms with E-state index in [0.717, 1.165) is 11.9 Å². The number of rotatable bonds is 6. The Morgan fingerprint density at radius 1 is 1.19 bits per heavy atom. The minimum atomic E-state index is -0.446. The number of para-hydroxylation sites is 1. The third-order valence-electron chi connectivity index (χ3n) is 3.95. The largest absolute Gasteiger partial charge is 0.380 e. The van der Waals surface area contributed by atoms with Crippen LogP contribution < -0.4 is 5.73 Å². The summed E-state index contributed by atoms with van der Waals surface area (Å²) in [4.78, 5) is 20.0. The van der Waals surface area contributed by atoms with E-state index in [0.29, 0.717) is 22.0 Å². The van der Waals surface area contributed by atoms with Crippen LogP contribution in [0.1, 0.15) is 24.0 Å². The van der Waals surface area contributed by atoms with E-state index < -0.39 is 5.97 Å². The number of halogens is 2. The number of aryl methyl sites for hydroxylation is 1. The number of carbonyl (C=O) groups is 1. The zero-order chi connectivity index (χ0) is 18.5. The summed E-state index contributed by atoms with van der Waals surface area (Å²) in [5, 5.41) is 5.66. The molecule has 3 rings (SSSR count). The summed E-state index contributed by atoms with van der Waals surface area (Å²) >= 11 is 11.9. The lowest BCUT2D eigenvalue weighted by atomic mass is 10.1. The fourth-order valence-electron chi connectivity index (χ4n) is 2.65. The maximum Gasteiger partial charge on any atom is 0.335 e. The standard InChI is InChI=1S/C19H17Cl2N3O2/c20-13-8-9-15(16(21)10-13)19(22)24-26-18(25)7-3-4-12-11-23-17-6-2-1-5-14(12)17/h1-2,5-6,8-11,23H,3-4,7H2,(H2,22,24). The molecule has 0 unspecified atom stereocenters. The number of aromatic nitrogens is 1. The number of hydrogen-bond donors (Lipinski definition) is 2. The van der Waals surface area contributed by atoms with Gasteiger partial charge in [0.25, 0.3) is 0 Å². The molecule has 0 aliphatic rings. The van der Waals surface area contributed by atoms with Gasteiger partial charge in [-0.3, -0.25) is 0 Å². The quantitative estimate of drug-likeness (QED) is 0.278. The zero-order valence-corrected chi connectivity index (χ0v) is 15.3. The first-order chi connectivity index (χ1) is 12.5. The van der Waals surface area contributed by atoms with Crippen molar-refractivity contribution < 1.29 is 9.63 Å². The van der Waals surface area contributed by atoms with Gasteiger partial charge in [-0.05, 0) is 42.7 Å². The Bertz CT molecular complexity index is 966. The number of carbonyl (C=O) groups excluding carboxylic acids is 1. The Morgan fingerprint density at radius 2 is 2.00 bits per heavy atom. The van der Waals surface area contributed by atoms with Gasteiger partial charge in [0.05, 0.1) is 5.02 Å². The van der Waals surface area contributed by atoms with Crippen molar-refractivity contribution >= 4 is 45.9 Å². The molecule has 0 fully saturated rings. The van der Waals surface area contributed by atoms with Crippen LogP contribution in [0.5, 0.6) is 0 Å². The number of nitrogens with one attached hydrogen (secondary N) is 1. The predicted molar refractivity (Wildman–Crippen MR) is 105 cm³/mol. The van der Waals surface area contributed by atoms with Crippen LogP contribution in [-0.2, 0) is 16.1 Å². The van der Waals surface area contributed by atoms with Gasteiger partial charge in [0.15, 0.2) is 5.84 Å². The first-order valence-electron chi connectivity index (χ1n) is 8.08. The number of aromatic amines is 1. The molecule has 0 radical (unpaired) electrons. The van der Waals surface area contributed by atoms with E-state index in [1.165, 1.54) is 10.9 Å². The van der Waals surface area contributed by atoms with Crippen molar-refractivity contribution in [2.75, 3.05) is 0 Å². The van der Waals surface area contributed by atoms with Crippen LogP contribution >= 0.6 is 23.2 Å². The molecule has 1 heterocycles.